The summed E-state index contributed by atoms with van der Waals surface area (Å²) in [5.41, 5.74) is 0.973. The zero-order chi connectivity index (χ0) is 18.9. The van der Waals surface area contributed by atoms with Gasteiger partial charge in [-0.25, -0.2) is 0 Å². The van der Waals surface area contributed by atoms with Crippen molar-refractivity contribution >= 4 is 46.8 Å². The molecule has 0 fully saturated rings. The van der Waals surface area contributed by atoms with Crippen LogP contribution in [0.25, 0.3) is 0 Å². The van der Waals surface area contributed by atoms with Gasteiger partial charge in [-0.15, -0.1) is 11.8 Å². The van der Waals surface area contributed by atoms with Gasteiger partial charge < -0.3 is 10.6 Å². The lowest BCUT2D eigenvalue weighted by molar-refractivity contribution is -0.122. The molecule has 0 radical (unpaired) electrons. The molecule has 8 heteroatoms. The predicted octanol–water partition coefficient (Wildman–Crippen LogP) is 3.69. The molecule has 5 nitrogen and oxygen atoms in total. The Morgan fingerprint density at radius 2 is 1.88 bits per heavy atom. The van der Waals surface area contributed by atoms with Gasteiger partial charge in [0.25, 0.3) is 0 Å². The van der Waals surface area contributed by atoms with Gasteiger partial charge in [-0.1, -0.05) is 23.2 Å². The van der Waals surface area contributed by atoms with E-state index in [0.717, 1.165) is 10.5 Å². The van der Waals surface area contributed by atoms with E-state index in [1.54, 1.807) is 37.5 Å². The van der Waals surface area contributed by atoms with Gasteiger partial charge in [0.05, 0.1) is 10.3 Å². The third kappa shape index (κ3) is 6.86. The van der Waals surface area contributed by atoms with Crippen LogP contribution in [0.15, 0.2) is 47.6 Å². The van der Waals surface area contributed by atoms with Crippen LogP contribution in [0.2, 0.25) is 10.0 Å². The average molecular weight is 412 g/mol. The van der Waals surface area contributed by atoms with Crippen LogP contribution in [-0.2, 0) is 16.1 Å². The first kappa shape index (κ1) is 20.6. The summed E-state index contributed by atoms with van der Waals surface area (Å²) in [4.78, 5) is 28.7. The topological polar surface area (TPSA) is 71.1 Å². The number of nitrogens with zero attached hydrogens (tertiary/aromatic N) is 1. The molecule has 1 atom stereocenters. The molecule has 1 unspecified atom stereocenters. The van der Waals surface area contributed by atoms with E-state index in [-0.39, 0.29) is 30.0 Å². The van der Waals surface area contributed by atoms with Crippen molar-refractivity contribution in [1.29, 1.82) is 0 Å². The number of carbonyl (C=O) groups is 2. The van der Waals surface area contributed by atoms with E-state index in [0.29, 0.717) is 16.6 Å². The summed E-state index contributed by atoms with van der Waals surface area (Å²) in [6.45, 7) is 2.49. The molecule has 0 aliphatic rings. The van der Waals surface area contributed by atoms with Crippen LogP contribution in [0, 0.1) is 0 Å². The Hall–Kier alpha value is -1.76. The third-order valence-corrected chi connectivity index (χ3v) is 5.29. The second-order valence-corrected chi connectivity index (χ2v) is 7.73. The summed E-state index contributed by atoms with van der Waals surface area (Å²) in [6.07, 6.45) is 3.56. The number of amides is 2. The van der Waals surface area contributed by atoms with E-state index in [4.69, 9.17) is 23.2 Å². The highest BCUT2D eigenvalue weighted by Crippen LogP contribution is 2.32. The number of carbonyl (C=O) groups excluding carboxylic acids is 2. The SMILES string of the molecule is CC(Sc1cc(Cl)ccc1Cl)C(=O)NCCC(=O)NCc1ccncc1. The number of halogens is 2. The molecular weight excluding hydrogens is 393 g/mol. The summed E-state index contributed by atoms with van der Waals surface area (Å²) in [6, 6.07) is 8.79. The maximum atomic E-state index is 12.2. The first-order chi connectivity index (χ1) is 12.5. The highest BCUT2D eigenvalue weighted by molar-refractivity contribution is 8.00. The van der Waals surface area contributed by atoms with Crippen molar-refractivity contribution in [2.45, 2.75) is 30.0 Å². The van der Waals surface area contributed by atoms with E-state index in [1.165, 1.54) is 11.8 Å². The minimum Gasteiger partial charge on any atom is -0.355 e. The molecule has 2 N–H and O–H groups in total. The van der Waals surface area contributed by atoms with Crippen molar-refractivity contribution in [3.63, 3.8) is 0 Å². The van der Waals surface area contributed by atoms with Gasteiger partial charge in [0.15, 0.2) is 0 Å². The number of hydrogen-bond acceptors (Lipinski definition) is 4. The number of aromatic nitrogens is 1. The summed E-state index contributed by atoms with van der Waals surface area (Å²) in [7, 11) is 0. The first-order valence-corrected chi connectivity index (χ1v) is 9.64. The van der Waals surface area contributed by atoms with Crippen LogP contribution < -0.4 is 10.6 Å². The van der Waals surface area contributed by atoms with Gasteiger partial charge in [0.2, 0.25) is 11.8 Å². The summed E-state index contributed by atoms with van der Waals surface area (Å²) >= 11 is 13.4. The van der Waals surface area contributed by atoms with Crippen molar-refractivity contribution in [2.75, 3.05) is 6.54 Å². The predicted molar refractivity (Wildman–Crippen MR) is 105 cm³/mol. The molecule has 1 heterocycles. The maximum absolute atomic E-state index is 12.2. The molecule has 26 heavy (non-hydrogen) atoms. The van der Waals surface area contributed by atoms with E-state index < -0.39 is 0 Å². The third-order valence-electron chi connectivity index (χ3n) is 3.46. The Morgan fingerprint density at radius 3 is 2.62 bits per heavy atom. The monoisotopic (exact) mass is 411 g/mol. The Balaban J connectivity index is 1.70. The summed E-state index contributed by atoms with van der Waals surface area (Å²) in [5.74, 6) is -0.284. The normalized spacial score (nSPS) is 11.7. The number of hydrogen-bond donors (Lipinski definition) is 2. The molecule has 0 aliphatic carbocycles. The number of rotatable bonds is 8. The highest BCUT2D eigenvalue weighted by Gasteiger charge is 2.16. The molecule has 138 valence electrons. The Morgan fingerprint density at radius 1 is 1.15 bits per heavy atom. The fourth-order valence-corrected chi connectivity index (χ4v) is 3.48. The molecule has 2 aromatic rings. The van der Waals surface area contributed by atoms with Crippen molar-refractivity contribution in [3.05, 3.63) is 58.3 Å². The standard InChI is InChI=1S/C18H19Cl2N3O2S/c1-12(26-16-10-14(19)2-3-15(16)20)18(25)22-9-6-17(24)23-11-13-4-7-21-8-5-13/h2-5,7-8,10,12H,6,9,11H2,1H3,(H,22,25)(H,23,24). The van der Waals surface area contributed by atoms with Gasteiger partial charge in [-0.2, -0.15) is 0 Å². The van der Waals surface area contributed by atoms with Gasteiger partial charge in [-0.05, 0) is 42.8 Å². The van der Waals surface area contributed by atoms with Gasteiger partial charge in [0, 0.05) is 41.8 Å². The molecule has 0 saturated heterocycles. The second kappa shape index (κ2) is 10.4. The Bertz CT molecular complexity index is 759. The fraction of sp³-hybridized carbons (Fsp3) is 0.278. The van der Waals surface area contributed by atoms with Crippen LogP contribution in [0.3, 0.4) is 0 Å². The zero-order valence-corrected chi connectivity index (χ0v) is 16.5. The van der Waals surface area contributed by atoms with E-state index in [1.807, 2.05) is 12.1 Å². The summed E-state index contributed by atoms with van der Waals surface area (Å²) < 4.78 is 0. The molecule has 0 spiro atoms. The lowest BCUT2D eigenvalue weighted by atomic mass is 10.2. The Kier molecular flexibility index (Phi) is 8.22. The number of thioether (sulfide) groups is 1. The van der Waals surface area contributed by atoms with Crippen LogP contribution in [0.5, 0.6) is 0 Å². The van der Waals surface area contributed by atoms with E-state index in [9.17, 15) is 9.59 Å². The molecule has 0 aliphatic heterocycles. The van der Waals surface area contributed by atoms with Crippen LogP contribution in [0.4, 0.5) is 0 Å². The van der Waals surface area contributed by atoms with E-state index >= 15 is 0 Å². The smallest absolute Gasteiger partial charge is 0.233 e. The lowest BCUT2D eigenvalue weighted by Gasteiger charge is -2.13. The lowest BCUT2D eigenvalue weighted by Crippen LogP contribution is -2.34. The van der Waals surface area contributed by atoms with Crippen LogP contribution in [0.1, 0.15) is 18.9 Å². The molecule has 2 rings (SSSR count). The zero-order valence-electron chi connectivity index (χ0n) is 14.2. The van der Waals surface area contributed by atoms with Crippen molar-refractivity contribution in [2.24, 2.45) is 0 Å². The molecular formula is C18H19Cl2N3O2S. The first-order valence-electron chi connectivity index (χ1n) is 8.00. The molecule has 1 aromatic carbocycles. The number of pyridine rings is 1. The van der Waals surface area contributed by atoms with Crippen molar-refractivity contribution in [1.82, 2.24) is 15.6 Å². The fourth-order valence-electron chi connectivity index (χ4n) is 2.04. The van der Waals surface area contributed by atoms with Gasteiger partial charge >= 0.3 is 0 Å². The van der Waals surface area contributed by atoms with Crippen LogP contribution in [-0.4, -0.2) is 28.6 Å². The van der Waals surface area contributed by atoms with Crippen molar-refractivity contribution < 1.29 is 9.59 Å². The minimum atomic E-state index is -0.356. The van der Waals surface area contributed by atoms with E-state index in [2.05, 4.69) is 15.6 Å². The number of nitrogens with one attached hydrogen (secondary N) is 2. The largest absolute Gasteiger partial charge is 0.355 e. The highest BCUT2D eigenvalue weighted by atomic mass is 35.5. The average Bonchev–Trinajstić information content (AvgIpc) is 2.63. The molecule has 1 aromatic heterocycles. The van der Waals surface area contributed by atoms with Gasteiger partial charge in [-0.3, -0.25) is 14.6 Å². The van der Waals surface area contributed by atoms with Crippen molar-refractivity contribution in [3.8, 4) is 0 Å². The molecule has 0 saturated carbocycles. The molecule has 2 amide bonds. The van der Waals surface area contributed by atoms with Crippen LogP contribution >= 0.6 is 35.0 Å². The summed E-state index contributed by atoms with van der Waals surface area (Å²) in [5, 5.41) is 6.32. The Labute approximate surface area is 166 Å². The number of benzene rings is 1. The second-order valence-electron chi connectivity index (χ2n) is 5.51. The van der Waals surface area contributed by atoms with Gasteiger partial charge in [0.1, 0.15) is 0 Å². The molecule has 0 bridgehead atoms. The quantitative estimate of drug-likeness (QED) is 0.649. The maximum Gasteiger partial charge on any atom is 0.233 e. The minimum absolute atomic E-state index is 0.125.